The van der Waals surface area contributed by atoms with Crippen LogP contribution in [0.25, 0.3) is 0 Å². The molecule has 0 bridgehead atoms. The van der Waals surface area contributed by atoms with E-state index in [1.807, 2.05) is 6.92 Å². The number of rotatable bonds is 6. The number of aromatic nitrogens is 3. The number of nitrogens with zero attached hydrogens (tertiary/aromatic N) is 3. The van der Waals surface area contributed by atoms with Crippen LogP contribution in [0.2, 0.25) is 0 Å². The summed E-state index contributed by atoms with van der Waals surface area (Å²) in [6.45, 7) is 4.11. The van der Waals surface area contributed by atoms with E-state index in [2.05, 4.69) is 14.9 Å². The maximum absolute atomic E-state index is 12.3. The molecule has 9 heteroatoms. The first-order chi connectivity index (χ1) is 10.4. The van der Waals surface area contributed by atoms with E-state index in [9.17, 15) is 13.5 Å². The number of methoxy groups -OCH3 is 1. The average molecular weight is 326 g/mol. The summed E-state index contributed by atoms with van der Waals surface area (Å²) < 4.78 is 33.9. The summed E-state index contributed by atoms with van der Waals surface area (Å²) in [5.41, 5.74) is 0. The number of hydrogen-bond acceptors (Lipinski definition) is 6. The van der Waals surface area contributed by atoms with Gasteiger partial charge in [0.1, 0.15) is 5.75 Å². The Labute approximate surface area is 128 Å². The van der Waals surface area contributed by atoms with Crippen LogP contribution in [0.15, 0.2) is 29.2 Å². The first-order valence-electron chi connectivity index (χ1n) is 6.67. The van der Waals surface area contributed by atoms with Gasteiger partial charge in [0.15, 0.2) is 5.82 Å². The largest absolute Gasteiger partial charge is 0.508 e. The molecule has 0 radical (unpaired) electrons. The summed E-state index contributed by atoms with van der Waals surface area (Å²) in [6, 6.07) is 5.03. The number of ether oxygens (including phenoxy) is 1. The SMILES string of the molecule is CCn1c(OC)nnc1[C@@H](C)NS(=O)(=O)c1ccc(O)cc1. The Morgan fingerprint density at radius 2 is 1.95 bits per heavy atom. The van der Waals surface area contributed by atoms with Crippen molar-refractivity contribution in [3.63, 3.8) is 0 Å². The molecule has 0 unspecified atom stereocenters. The molecule has 0 aliphatic rings. The minimum absolute atomic E-state index is 0.00228. The maximum Gasteiger partial charge on any atom is 0.316 e. The van der Waals surface area contributed by atoms with E-state index in [0.717, 1.165) is 0 Å². The van der Waals surface area contributed by atoms with Crippen LogP contribution in [0.5, 0.6) is 11.8 Å². The lowest BCUT2D eigenvalue weighted by atomic mass is 10.3. The van der Waals surface area contributed by atoms with E-state index in [1.165, 1.54) is 31.4 Å². The van der Waals surface area contributed by atoms with E-state index in [4.69, 9.17) is 4.74 Å². The maximum atomic E-state index is 12.3. The molecule has 8 nitrogen and oxygen atoms in total. The molecule has 0 saturated carbocycles. The Morgan fingerprint density at radius 1 is 1.32 bits per heavy atom. The van der Waals surface area contributed by atoms with Gasteiger partial charge in [0, 0.05) is 6.54 Å². The molecule has 1 aromatic heterocycles. The molecule has 22 heavy (non-hydrogen) atoms. The summed E-state index contributed by atoms with van der Waals surface area (Å²) >= 11 is 0. The van der Waals surface area contributed by atoms with Crippen LogP contribution in [0.3, 0.4) is 0 Å². The molecule has 0 aliphatic heterocycles. The normalized spacial score (nSPS) is 13.0. The minimum atomic E-state index is -3.73. The molecule has 2 N–H and O–H groups in total. The van der Waals surface area contributed by atoms with Gasteiger partial charge in [-0.2, -0.15) is 0 Å². The number of nitrogens with one attached hydrogen (secondary N) is 1. The monoisotopic (exact) mass is 326 g/mol. The second-order valence-corrected chi connectivity index (χ2v) is 6.34. The zero-order chi connectivity index (χ0) is 16.3. The zero-order valence-electron chi connectivity index (χ0n) is 12.5. The van der Waals surface area contributed by atoms with Gasteiger partial charge >= 0.3 is 6.01 Å². The van der Waals surface area contributed by atoms with Crippen LogP contribution < -0.4 is 9.46 Å². The average Bonchev–Trinajstić information content (AvgIpc) is 2.90. The zero-order valence-corrected chi connectivity index (χ0v) is 13.3. The van der Waals surface area contributed by atoms with Crippen molar-refractivity contribution in [2.75, 3.05) is 7.11 Å². The molecule has 120 valence electrons. The van der Waals surface area contributed by atoms with E-state index in [0.29, 0.717) is 18.4 Å². The molecule has 2 rings (SSSR count). The van der Waals surface area contributed by atoms with Crippen molar-refractivity contribution >= 4 is 10.0 Å². The van der Waals surface area contributed by atoms with Gasteiger partial charge in [-0.1, -0.05) is 5.10 Å². The Kier molecular flexibility index (Phi) is 4.67. The van der Waals surface area contributed by atoms with E-state index < -0.39 is 16.1 Å². The minimum Gasteiger partial charge on any atom is -0.508 e. The number of sulfonamides is 1. The van der Waals surface area contributed by atoms with Gasteiger partial charge in [0.25, 0.3) is 0 Å². The van der Waals surface area contributed by atoms with Crippen LogP contribution in [0.4, 0.5) is 0 Å². The predicted octanol–water partition coefficient (Wildman–Crippen LogP) is 1.05. The van der Waals surface area contributed by atoms with Crippen molar-refractivity contribution in [1.29, 1.82) is 0 Å². The lowest BCUT2D eigenvalue weighted by molar-refractivity contribution is 0.354. The third-order valence-electron chi connectivity index (χ3n) is 3.11. The number of aromatic hydroxyl groups is 1. The van der Waals surface area contributed by atoms with Crippen molar-refractivity contribution in [3.8, 4) is 11.8 Å². The molecule has 1 aromatic carbocycles. The van der Waals surface area contributed by atoms with Gasteiger partial charge in [-0.25, -0.2) is 13.1 Å². The van der Waals surface area contributed by atoms with E-state index in [1.54, 1.807) is 11.5 Å². The van der Waals surface area contributed by atoms with Gasteiger partial charge in [0.05, 0.1) is 18.0 Å². The first-order valence-corrected chi connectivity index (χ1v) is 8.15. The third kappa shape index (κ3) is 3.20. The van der Waals surface area contributed by atoms with Gasteiger partial charge in [-0.3, -0.25) is 4.57 Å². The summed E-state index contributed by atoms with van der Waals surface area (Å²) in [6.07, 6.45) is 0. The Morgan fingerprint density at radius 3 is 2.50 bits per heavy atom. The first kappa shape index (κ1) is 16.2. The summed E-state index contributed by atoms with van der Waals surface area (Å²) in [4.78, 5) is 0.0617. The van der Waals surface area contributed by atoms with Crippen molar-refractivity contribution in [2.45, 2.75) is 31.3 Å². The van der Waals surface area contributed by atoms with Crippen molar-refractivity contribution in [1.82, 2.24) is 19.5 Å². The van der Waals surface area contributed by atoms with Crippen LogP contribution in [0, 0.1) is 0 Å². The fourth-order valence-electron chi connectivity index (χ4n) is 2.05. The molecule has 0 amide bonds. The third-order valence-corrected chi connectivity index (χ3v) is 4.67. The summed E-state index contributed by atoms with van der Waals surface area (Å²) in [5.74, 6) is 0.462. The molecular weight excluding hydrogens is 308 g/mol. The van der Waals surface area contributed by atoms with Crippen LogP contribution in [-0.2, 0) is 16.6 Å². The fraction of sp³-hybridized carbons (Fsp3) is 0.385. The molecular formula is C13H18N4O4S. The van der Waals surface area contributed by atoms with Crippen molar-refractivity contribution in [3.05, 3.63) is 30.1 Å². The highest BCUT2D eigenvalue weighted by atomic mass is 32.2. The van der Waals surface area contributed by atoms with Crippen LogP contribution >= 0.6 is 0 Å². The highest BCUT2D eigenvalue weighted by molar-refractivity contribution is 7.89. The molecule has 2 aromatic rings. The van der Waals surface area contributed by atoms with Gasteiger partial charge < -0.3 is 9.84 Å². The molecule has 0 fully saturated rings. The van der Waals surface area contributed by atoms with Gasteiger partial charge in [0.2, 0.25) is 10.0 Å². The lowest BCUT2D eigenvalue weighted by Crippen LogP contribution is -2.28. The number of hydrogen-bond donors (Lipinski definition) is 2. The number of phenolic OH excluding ortho intramolecular Hbond substituents is 1. The second kappa shape index (κ2) is 6.32. The fourth-order valence-corrected chi connectivity index (χ4v) is 3.25. The van der Waals surface area contributed by atoms with Crippen molar-refractivity contribution in [2.24, 2.45) is 0 Å². The Hall–Kier alpha value is -2.13. The quantitative estimate of drug-likeness (QED) is 0.822. The lowest BCUT2D eigenvalue weighted by Gasteiger charge is -2.15. The topological polar surface area (TPSA) is 106 Å². The predicted molar refractivity (Wildman–Crippen MR) is 79.1 cm³/mol. The molecule has 0 spiro atoms. The van der Waals surface area contributed by atoms with Crippen molar-refractivity contribution < 1.29 is 18.3 Å². The van der Waals surface area contributed by atoms with Crippen LogP contribution in [-0.4, -0.2) is 35.4 Å². The Bertz CT molecular complexity index is 740. The smallest absolute Gasteiger partial charge is 0.316 e. The summed E-state index contributed by atoms with van der Waals surface area (Å²) in [5, 5.41) is 17.1. The van der Waals surface area contributed by atoms with E-state index >= 15 is 0 Å². The van der Waals surface area contributed by atoms with Gasteiger partial charge in [-0.05, 0) is 38.1 Å². The number of benzene rings is 1. The summed E-state index contributed by atoms with van der Waals surface area (Å²) in [7, 11) is -2.25. The highest BCUT2D eigenvalue weighted by Crippen LogP contribution is 2.20. The van der Waals surface area contributed by atoms with E-state index in [-0.39, 0.29) is 10.6 Å². The van der Waals surface area contributed by atoms with Gasteiger partial charge in [-0.15, -0.1) is 5.10 Å². The molecule has 1 heterocycles. The molecule has 0 aliphatic carbocycles. The number of phenols is 1. The Balaban J connectivity index is 2.26. The standard InChI is InChI=1S/C13H18N4O4S/c1-4-17-12(14-15-13(17)21-3)9(2)16-22(19,20)11-7-5-10(18)6-8-11/h5-9,16,18H,4H2,1-3H3/t9-/m1/s1. The second-order valence-electron chi connectivity index (χ2n) is 4.63. The highest BCUT2D eigenvalue weighted by Gasteiger charge is 2.23. The van der Waals surface area contributed by atoms with Crippen LogP contribution in [0.1, 0.15) is 25.7 Å². The molecule has 0 saturated heterocycles. The molecule has 1 atom stereocenters.